The van der Waals surface area contributed by atoms with Gasteiger partial charge in [0.25, 0.3) is 11.5 Å². The van der Waals surface area contributed by atoms with Crippen molar-refractivity contribution in [1.82, 2.24) is 14.9 Å². The van der Waals surface area contributed by atoms with Crippen LogP contribution in [-0.2, 0) is 6.54 Å². The molecule has 2 heterocycles. The number of pyridine rings is 2. The highest BCUT2D eigenvalue weighted by Gasteiger charge is 2.36. The number of alkyl halides is 2. The molecule has 4 N–H and O–H groups in total. The summed E-state index contributed by atoms with van der Waals surface area (Å²) in [5, 5.41) is 31.9. The quantitative estimate of drug-likeness (QED) is 0.591. The molecule has 3 rings (SSSR count). The number of rotatable bonds is 5. The Kier molecular flexibility index (Phi) is 5.61. The van der Waals surface area contributed by atoms with E-state index in [2.05, 4.69) is 10.3 Å². The summed E-state index contributed by atoms with van der Waals surface area (Å²) >= 11 is 0. The Labute approximate surface area is 158 Å². The van der Waals surface area contributed by atoms with Crippen molar-refractivity contribution in [3.8, 4) is 5.75 Å². The maximum atomic E-state index is 13.3. The first-order chi connectivity index (χ1) is 13.2. The third kappa shape index (κ3) is 3.97. The van der Waals surface area contributed by atoms with Crippen molar-refractivity contribution in [3.63, 3.8) is 0 Å². The summed E-state index contributed by atoms with van der Waals surface area (Å²) in [4.78, 5) is 29.5. The van der Waals surface area contributed by atoms with Crippen LogP contribution in [0.4, 0.5) is 8.78 Å². The van der Waals surface area contributed by atoms with E-state index >= 15 is 0 Å². The number of fused-ring (bicyclic) bond motifs is 1. The molecule has 1 saturated carbocycles. The number of amides is 1. The average molecular weight is 397 g/mol. The van der Waals surface area contributed by atoms with Crippen molar-refractivity contribution >= 4 is 16.9 Å². The first kappa shape index (κ1) is 20.2. The molecule has 0 saturated heterocycles. The van der Waals surface area contributed by atoms with Crippen LogP contribution in [-0.4, -0.2) is 55.5 Å². The number of hydrogen-bond acceptors (Lipinski definition) is 6. The SMILES string of the molecule is O=C(NC1CCC(F)(F)CC1)c1c(O)c2cccnc2n(CC(O)CO)c1=O. The Morgan fingerprint density at radius 2 is 2.07 bits per heavy atom. The van der Waals surface area contributed by atoms with Crippen LogP contribution in [0.2, 0.25) is 0 Å². The van der Waals surface area contributed by atoms with Gasteiger partial charge in [0.2, 0.25) is 5.92 Å². The third-order valence-electron chi connectivity index (χ3n) is 4.88. The van der Waals surface area contributed by atoms with Crippen molar-refractivity contribution in [2.24, 2.45) is 0 Å². The average Bonchev–Trinajstić information content (AvgIpc) is 2.66. The lowest BCUT2D eigenvalue weighted by atomic mass is 9.92. The highest BCUT2D eigenvalue weighted by atomic mass is 19.3. The lowest BCUT2D eigenvalue weighted by molar-refractivity contribution is -0.0399. The Morgan fingerprint density at radius 1 is 1.39 bits per heavy atom. The Morgan fingerprint density at radius 3 is 2.71 bits per heavy atom. The predicted octanol–water partition coefficient (Wildman–Crippen LogP) is 0.763. The monoisotopic (exact) mass is 397 g/mol. The second kappa shape index (κ2) is 7.80. The number of aromatic nitrogens is 2. The molecule has 1 fully saturated rings. The number of aromatic hydroxyl groups is 1. The van der Waals surface area contributed by atoms with Crippen LogP contribution < -0.4 is 10.9 Å². The zero-order valence-corrected chi connectivity index (χ0v) is 14.9. The van der Waals surface area contributed by atoms with Gasteiger partial charge in [-0.1, -0.05) is 0 Å². The van der Waals surface area contributed by atoms with E-state index in [1.54, 1.807) is 0 Å². The Balaban J connectivity index is 1.98. The number of nitrogens with one attached hydrogen (secondary N) is 1. The summed E-state index contributed by atoms with van der Waals surface area (Å²) in [6, 6.07) is 2.42. The van der Waals surface area contributed by atoms with Crippen molar-refractivity contribution in [3.05, 3.63) is 34.2 Å². The van der Waals surface area contributed by atoms with Crippen molar-refractivity contribution in [1.29, 1.82) is 0 Å². The maximum absolute atomic E-state index is 13.3. The molecule has 0 bridgehead atoms. The van der Waals surface area contributed by atoms with E-state index in [0.717, 1.165) is 4.57 Å². The number of carbonyl (C=O) groups is 1. The minimum atomic E-state index is -2.76. The molecule has 0 aliphatic heterocycles. The molecule has 2 aromatic heterocycles. The molecule has 2 aromatic rings. The number of aliphatic hydroxyl groups is 2. The van der Waals surface area contributed by atoms with Crippen molar-refractivity contribution in [2.45, 2.75) is 50.3 Å². The van der Waals surface area contributed by atoms with E-state index in [0.29, 0.717) is 0 Å². The van der Waals surface area contributed by atoms with E-state index in [1.165, 1.54) is 18.3 Å². The van der Waals surface area contributed by atoms with Crippen molar-refractivity contribution < 1.29 is 28.9 Å². The fraction of sp³-hybridized carbons (Fsp3) is 0.500. The molecular weight excluding hydrogens is 376 g/mol. The Hall–Kier alpha value is -2.59. The van der Waals surface area contributed by atoms with Gasteiger partial charge in [-0.2, -0.15) is 0 Å². The molecule has 1 aliphatic carbocycles. The summed E-state index contributed by atoms with van der Waals surface area (Å²) in [5.41, 5.74) is -1.40. The van der Waals surface area contributed by atoms with Gasteiger partial charge in [-0.3, -0.25) is 14.2 Å². The summed E-state index contributed by atoms with van der Waals surface area (Å²) in [7, 11) is 0. The second-order valence-corrected chi connectivity index (χ2v) is 6.95. The minimum absolute atomic E-state index is 0.0476. The number of hydrogen-bond donors (Lipinski definition) is 4. The molecule has 0 radical (unpaired) electrons. The molecule has 1 amide bonds. The smallest absolute Gasteiger partial charge is 0.268 e. The first-order valence-electron chi connectivity index (χ1n) is 8.91. The van der Waals surface area contributed by atoms with Crippen LogP contribution in [0.3, 0.4) is 0 Å². The molecule has 1 atom stereocenters. The van der Waals surface area contributed by atoms with Gasteiger partial charge in [0.05, 0.1) is 24.6 Å². The van der Waals surface area contributed by atoms with E-state index in [-0.39, 0.29) is 43.3 Å². The van der Waals surface area contributed by atoms with E-state index in [4.69, 9.17) is 5.11 Å². The first-order valence-corrected chi connectivity index (χ1v) is 8.91. The van der Waals surface area contributed by atoms with Crippen LogP contribution in [0, 0.1) is 0 Å². The summed E-state index contributed by atoms with van der Waals surface area (Å²) < 4.78 is 27.6. The molecule has 10 heteroatoms. The molecule has 0 aromatic carbocycles. The molecule has 152 valence electrons. The summed E-state index contributed by atoms with van der Waals surface area (Å²) in [5.74, 6) is -4.21. The predicted molar refractivity (Wildman–Crippen MR) is 95.4 cm³/mol. The van der Waals surface area contributed by atoms with Crippen LogP contribution in [0.15, 0.2) is 23.1 Å². The van der Waals surface area contributed by atoms with E-state index in [1.807, 2.05) is 0 Å². The van der Waals surface area contributed by atoms with Crippen LogP contribution in [0.5, 0.6) is 5.75 Å². The topological polar surface area (TPSA) is 125 Å². The van der Waals surface area contributed by atoms with Gasteiger partial charge in [-0.15, -0.1) is 0 Å². The van der Waals surface area contributed by atoms with Crippen LogP contribution in [0.25, 0.3) is 11.0 Å². The molecule has 8 nitrogen and oxygen atoms in total. The molecule has 0 spiro atoms. The number of aliphatic hydroxyl groups excluding tert-OH is 2. The molecular formula is C18H21F2N3O5. The minimum Gasteiger partial charge on any atom is -0.506 e. The summed E-state index contributed by atoms with van der Waals surface area (Å²) in [6.07, 6.45) is -0.496. The zero-order chi connectivity index (χ0) is 20.5. The normalized spacial score (nSPS) is 18.1. The molecule has 28 heavy (non-hydrogen) atoms. The van der Waals surface area contributed by atoms with Gasteiger partial charge in [-0.25, -0.2) is 13.8 Å². The van der Waals surface area contributed by atoms with Gasteiger partial charge < -0.3 is 20.6 Å². The largest absolute Gasteiger partial charge is 0.506 e. The lowest BCUT2D eigenvalue weighted by Crippen LogP contribution is -2.43. The highest BCUT2D eigenvalue weighted by Crippen LogP contribution is 2.33. The third-order valence-corrected chi connectivity index (χ3v) is 4.88. The summed E-state index contributed by atoms with van der Waals surface area (Å²) in [6.45, 7) is -0.946. The number of halogens is 2. The number of nitrogens with zero attached hydrogens (tertiary/aromatic N) is 2. The highest BCUT2D eigenvalue weighted by molar-refractivity contribution is 6.01. The molecule has 1 aliphatic rings. The lowest BCUT2D eigenvalue weighted by Gasteiger charge is -2.28. The fourth-order valence-corrected chi connectivity index (χ4v) is 3.35. The molecule has 1 unspecified atom stereocenters. The van der Waals surface area contributed by atoms with Crippen molar-refractivity contribution in [2.75, 3.05) is 6.61 Å². The van der Waals surface area contributed by atoms with E-state index < -0.39 is 47.5 Å². The van der Waals surface area contributed by atoms with Crippen LogP contribution in [0.1, 0.15) is 36.0 Å². The second-order valence-electron chi connectivity index (χ2n) is 6.95. The van der Waals surface area contributed by atoms with Gasteiger partial charge in [0.1, 0.15) is 17.0 Å². The zero-order valence-electron chi connectivity index (χ0n) is 14.9. The standard InChI is InChI=1S/C18H21F2N3O5/c19-18(20)5-3-10(4-6-18)22-16(27)13-14(26)12-2-1-7-21-15(12)23(17(13)28)8-11(25)9-24/h1-2,7,10-11,24-26H,3-6,8-9H2,(H,22,27). The fourth-order valence-electron chi connectivity index (χ4n) is 3.35. The van der Waals surface area contributed by atoms with Gasteiger partial charge >= 0.3 is 0 Å². The number of carbonyl (C=O) groups excluding carboxylic acids is 1. The van der Waals surface area contributed by atoms with Gasteiger partial charge in [0, 0.05) is 25.1 Å². The maximum Gasteiger partial charge on any atom is 0.268 e. The van der Waals surface area contributed by atoms with Crippen LogP contribution >= 0.6 is 0 Å². The Bertz CT molecular complexity index is 937. The van der Waals surface area contributed by atoms with Gasteiger partial charge in [0.15, 0.2) is 0 Å². The van der Waals surface area contributed by atoms with E-state index in [9.17, 15) is 28.6 Å². The van der Waals surface area contributed by atoms with Gasteiger partial charge in [-0.05, 0) is 25.0 Å².